The third-order valence-electron chi connectivity index (χ3n) is 3.94. The number of carbonyl (C=O) groups is 3. The summed E-state index contributed by atoms with van der Waals surface area (Å²) in [5, 5.41) is 7.56. The molecule has 8 heteroatoms. The molecule has 30 heavy (non-hydrogen) atoms. The predicted octanol–water partition coefficient (Wildman–Crippen LogP) is 3.76. The van der Waals surface area contributed by atoms with Crippen LogP contribution in [0.4, 0.5) is 10.8 Å². The maximum Gasteiger partial charge on any atom is 0.337 e. The van der Waals surface area contributed by atoms with Crippen molar-refractivity contribution in [3.05, 3.63) is 82.9 Å². The van der Waals surface area contributed by atoms with Gasteiger partial charge in [0.25, 0.3) is 0 Å². The minimum absolute atomic E-state index is 0.0605. The number of ether oxygens (including phenoxy) is 1. The van der Waals surface area contributed by atoms with Gasteiger partial charge in [-0.25, -0.2) is 9.78 Å². The van der Waals surface area contributed by atoms with E-state index in [-0.39, 0.29) is 18.2 Å². The number of hydrogen-bond acceptors (Lipinski definition) is 6. The van der Waals surface area contributed by atoms with Gasteiger partial charge in [-0.2, -0.15) is 0 Å². The van der Waals surface area contributed by atoms with E-state index >= 15 is 0 Å². The Morgan fingerprint density at radius 2 is 1.77 bits per heavy atom. The molecule has 0 bridgehead atoms. The average Bonchev–Trinajstić information content (AvgIpc) is 3.19. The van der Waals surface area contributed by atoms with Gasteiger partial charge < -0.3 is 10.1 Å². The fourth-order valence-electron chi connectivity index (χ4n) is 2.51. The summed E-state index contributed by atoms with van der Waals surface area (Å²) in [6.07, 6.45) is 3.20. The Hall–Kier alpha value is -3.78. The van der Waals surface area contributed by atoms with E-state index < -0.39 is 5.97 Å². The summed E-state index contributed by atoms with van der Waals surface area (Å²) >= 11 is 1.25. The topological polar surface area (TPSA) is 97.4 Å². The zero-order valence-corrected chi connectivity index (χ0v) is 16.9. The van der Waals surface area contributed by atoms with Crippen molar-refractivity contribution in [3.63, 3.8) is 0 Å². The molecule has 1 aromatic heterocycles. The molecule has 7 nitrogen and oxygen atoms in total. The lowest BCUT2D eigenvalue weighted by atomic mass is 10.2. The number of carbonyl (C=O) groups excluding carboxylic acids is 3. The highest BCUT2D eigenvalue weighted by Crippen LogP contribution is 2.17. The lowest BCUT2D eigenvalue weighted by molar-refractivity contribution is -0.115. The van der Waals surface area contributed by atoms with Gasteiger partial charge in [0.1, 0.15) is 0 Å². The van der Waals surface area contributed by atoms with Crippen LogP contribution >= 0.6 is 11.3 Å². The Morgan fingerprint density at radius 1 is 1.03 bits per heavy atom. The quantitative estimate of drug-likeness (QED) is 0.447. The van der Waals surface area contributed by atoms with Gasteiger partial charge in [-0.15, -0.1) is 11.3 Å². The molecule has 0 saturated carbocycles. The largest absolute Gasteiger partial charge is 0.465 e. The third kappa shape index (κ3) is 6.11. The Kier molecular flexibility index (Phi) is 7.07. The van der Waals surface area contributed by atoms with Gasteiger partial charge in [0.05, 0.1) is 24.8 Å². The van der Waals surface area contributed by atoms with E-state index in [0.29, 0.717) is 22.1 Å². The summed E-state index contributed by atoms with van der Waals surface area (Å²) in [5.41, 5.74) is 2.42. The number of aromatic nitrogens is 1. The summed E-state index contributed by atoms with van der Waals surface area (Å²) in [7, 11) is 1.31. The molecule has 2 amide bonds. The van der Waals surface area contributed by atoms with E-state index in [0.717, 1.165) is 5.56 Å². The maximum atomic E-state index is 12.2. The Morgan fingerprint density at radius 3 is 2.47 bits per heavy atom. The van der Waals surface area contributed by atoms with Crippen LogP contribution in [0.5, 0.6) is 0 Å². The normalized spacial score (nSPS) is 10.6. The second-order valence-electron chi connectivity index (χ2n) is 6.17. The first-order valence-electron chi connectivity index (χ1n) is 9.00. The molecule has 0 aliphatic heterocycles. The first kappa shape index (κ1) is 20.9. The summed E-state index contributed by atoms with van der Waals surface area (Å²) in [4.78, 5) is 39.9. The molecule has 3 aromatic rings. The fourth-order valence-corrected chi connectivity index (χ4v) is 3.22. The highest BCUT2D eigenvalue weighted by Gasteiger charge is 2.10. The van der Waals surface area contributed by atoms with Gasteiger partial charge in [0.15, 0.2) is 5.13 Å². The molecular weight excluding hydrogens is 402 g/mol. The lowest BCUT2D eigenvalue weighted by Crippen LogP contribution is -2.15. The molecule has 0 radical (unpaired) electrons. The summed E-state index contributed by atoms with van der Waals surface area (Å²) in [6.45, 7) is 0. The lowest BCUT2D eigenvalue weighted by Gasteiger charge is -2.05. The van der Waals surface area contributed by atoms with E-state index in [1.165, 1.54) is 24.5 Å². The molecule has 152 valence electrons. The molecule has 0 spiro atoms. The van der Waals surface area contributed by atoms with Crippen LogP contribution in [-0.4, -0.2) is 29.9 Å². The highest BCUT2D eigenvalue weighted by molar-refractivity contribution is 7.14. The van der Waals surface area contributed by atoms with E-state index in [4.69, 9.17) is 0 Å². The van der Waals surface area contributed by atoms with Crippen molar-refractivity contribution in [2.45, 2.75) is 6.42 Å². The summed E-state index contributed by atoms with van der Waals surface area (Å²) < 4.78 is 4.64. The molecule has 0 fully saturated rings. The molecule has 2 aromatic carbocycles. The van der Waals surface area contributed by atoms with Crippen LogP contribution in [0.2, 0.25) is 0 Å². The number of nitrogens with zero attached hydrogens (tertiary/aromatic N) is 1. The predicted molar refractivity (Wildman–Crippen MR) is 116 cm³/mol. The molecule has 1 heterocycles. The monoisotopic (exact) mass is 421 g/mol. The number of benzene rings is 2. The number of methoxy groups -OCH3 is 1. The van der Waals surface area contributed by atoms with Crippen molar-refractivity contribution in [1.29, 1.82) is 0 Å². The van der Waals surface area contributed by atoms with Crippen LogP contribution in [0.1, 0.15) is 21.6 Å². The second-order valence-corrected chi connectivity index (χ2v) is 7.03. The molecule has 0 unspecified atom stereocenters. The molecule has 0 aliphatic rings. The fraction of sp³-hybridized carbons (Fsp3) is 0.0909. The van der Waals surface area contributed by atoms with Crippen LogP contribution in [0.3, 0.4) is 0 Å². The number of nitrogens with one attached hydrogen (secondary N) is 2. The maximum absolute atomic E-state index is 12.2. The van der Waals surface area contributed by atoms with Crippen LogP contribution < -0.4 is 10.6 Å². The summed E-state index contributed by atoms with van der Waals surface area (Å²) in [5.74, 6) is -0.994. The number of esters is 1. The molecule has 2 N–H and O–H groups in total. The van der Waals surface area contributed by atoms with Gasteiger partial charge in [0, 0.05) is 17.1 Å². The number of rotatable bonds is 7. The van der Waals surface area contributed by atoms with Crippen molar-refractivity contribution in [2.75, 3.05) is 17.7 Å². The number of amides is 2. The minimum atomic E-state index is -0.441. The van der Waals surface area contributed by atoms with Crippen LogP contribution in [0.25, 0.3) is 6.08 Å². The van der Waals surface area contributed by atoms with Crippen molar-refractivity contribution in [2.24, 2.45) is 0 Å². The second kappa shape index (κ2) is 10.1. The highest BCUT2D eigenvalue weighted by atomic mass is 32.1. The van der Waals surface area contributed by atoms with E-state index in [2.05, 4.69) is 20.4 Å². The Bertz CT molecular complexity index is 1060. The van der Waals surface area contributed by atoms with Gasteiger partial charge in [-0.05, 0) is 35.9 Å². The molecular formula is C22H19N3O4S. The van der Waals surface area contributed by atoms with E-state index in [9.17, 15) is 14.4 Å². The number of hydrogen-bond donors (Lipinski definition) is 2. The first-order chi connectivity index (χ1) is 14.5. The molecule has 0 aliphatic carbocycles. The van der Waals surface area contributed by atoms with Crippen molar-refractivity contribution < 1.29 is 19.1 Å². The first-order valence-corrected chi connectivity index (χ1v) is 9.88. The minimum Gasteiger partial charge on any atom is -0.465 e. The van der Waals surface area contributed by atoms with Gasteiger partial charge in [-0.3, -0.25) is 14.9 Å². The van der Waals surface area contributed by atoms with E-state index in [1.807, 2.05) is 30.3 Å². The van der Waals surface area contributed by atoms with Crippen LogP contribution in [0.15, 0.2) is 66.1 Å². The van der Waals surface area contributed by atoms with Crippen molar-refractivity contribution in [1.82, 2.24) is 4.98 Å². The van der Waals surface area contributed by atoms with Gasteiger partial charge in [-0.1, -0.05) is 30.3 Å². The molecule has 3 rings (SSSR count). The van der Waals surface area contributed by atoms with E-state index in [1.54, 1.807) is 35.7 Å². The van der Waals surface area contributed by atoms with Crippen LogP contribution in [-0.2, 0) is 20.7 Å². The van der Waals surface area contributed by atoms with Crippen LogP contribution in [0, 0.1) is 0 Å². The van der Waals surface area contributed by atoms with Crippen molar-refractivity contribution in [3.8, 4) is 0 Å². The molecule has 0 atom stereocenters. The average molecular weight is 421 g/mol. The summed E-state index contributed by atoms with van der Waals surface area (Å²) in [6, 6.07) is 15.9. The Labute approximate surface area is 177 Å². The van der Waals surface area contributed by atoms with Gasteiger partial charge in [0.2, 0.25) is 11.8 Å². The SMILES string of the molecule is COC(=O)c1ccc(NC(=O)Cc2csc(NC(=O)/C=C/c3ccccc3)n2)cc1. The Balaban J connectivity index is 1.51. The van der Waals surface area contributed by atoms with Crippen molar-refractivity contribution >= 4 is 46.0 Å². The zero-order chi connectivity index (χ0) is 21.3. The smallest absolute Gasteiger partial charge is 0.337 e. The zero-order valence-electron chi connectivity index (χ0n) is 16.1. The number of thiazole rings is 1. The number of anilines is 2. The third-order valence-corrected chi connectivity index (χ3v) is 4.75. The standard InChI is InChI=1S/C22H19N3O4S/c1-29-21(28)16-8-10-17(11-9-16)23-20(27)13-18-14-30-22(24-18)25-19(26)12-7-15-5-3-2-4-6-15/h2-12,14H,13H2,1H3,(H,23,27)(H,24,25,26)/b12-7+. The molecule has 0 saturated heterocycles. The van der Waals surface area contributed by atoms with Gasteiger partial charge >= 0.3 is 5.97 Å².